The normalized spacial score (nSPS) is 14.0. The van der Waals surface area contributed by atoms with Gasteiger partial charge in [0.1, 0.15) is 17.4 Å². The predicted octanol–water partition coefficient (Wildman–Crippen LogP) is 4.24. The monoisotopic (exact) mass is 546 g/mol. The van der Waals surface area contributed by atoms with Crippen LogP contribution < -0.4 is 15.4 Å². The van der Waals surface area contributed by atoms with Gasteiger partial charge in [0.05, 0.1) is 60.7 Å². The molecule has 10 heteroatoms. The number of amidine groups is 1. The first-order valence-electron chi connectivity index (χ1n) is 12.5. The third-order valence-electron chi connectivity index (χ3n) is 6.72. The second-order valence-corrected chi connectivity index (χ2v) is 9.65. The summed E-state index contributed by atoms with van der Waals surface area (Å²) in [6, 6.07) is 10.6. The molecule has 2 saturated heterocycles. The van der Waals surface area contributed by atoms with E-state index in [1.807, 2.05) is 0 Å². The fourth-order valence-corrected chi connectivity index (χ4v) is 4.55. The van der Waals surface area contributed by atoms with Gasteiger partial charge in [-0.15, -0.1) is 6.42 Å². The Kier molecular flexibility index (Phi) is 7.48. The number of anilines is 2. The molecule has 0 bridgehead atoms. The van der Waals surface area contributed by atoms with Crippen molar-refractivity contribution in [2.24, 2.45) is 0 Å². The molecule has 198 valence electrons. The second-order valence-electron chi connectivity index (χ2n) is 9.21. The molecule has 3 aromatic rings. The second kappa shape index (κ2) is 11.1. The van der Waals surface area contributed by atoms with E-state index < -0.39 is 17.6 Å². The van der Waals surface area contributed by atoms with E-state index in [-0.39, 0.29) is 28.4 Å². The van der Waals surface area contributed by atoms with Crippen molar-refractivity contribution >= 4 is 40.8 Å². The number of methoxy groups -OCH3 is 1. The molecule has 2 aliphatic heterocycles. The zero-order valence-electron chi connectivity index (χ0n) is 21.3. The van der Waals surface area contributed by atoms with Crippen LogP contribution in [0.15, 0.2) is 48.7 Å². The minimum atomic E-state index is -0.737. The Balaban J connectivity index is 1.45. The van der Waals surface area contributed by atoms with Crippen LogP contribution in [-0.4, -0.2) is 65.4 Å². The van der Waals surface area contributed by atoms with Gasteiger partial charge in [0.2, 0.25) is 0 Å². The summed E-state index contributed by atoms with van der Waals surface area (Å²) in [7, 11) is 1.38. The largest absolute Gasteiger partial charge is 0.495 e. The van der Waals surface area contributed by atoms with Gasteiger partial charge in [-0.2, -0.15) is 0 Å². The molecule has 2 fully saturated rings. The van der Waals surface area contributed by atoms with Gasteiger partial charge in [-0.1, -0.05) is 17.5 Å². The summed E-state index contributed by atoms with van der Waals surface area (Å²) in [5.41, 5.74) is 0.990. The van der Waals surface area contributed by atoms with Crippen molar-refractivity contribution in [1.29, 1.82) is 0 Å². The topological polar surface area (TPSA) is 86.6 Å². The van der Waals surface area contributed by atoms with Gasteiger partial charge < -0.3 is 15.4 Å². The van der Waals surface area contributed by atoms with E-state index >= 15 is 4.39 Å². The van der Waals surface area contributed by atoms with Gasteiger partial charge in [0, 0.05) is 24.6 Å². The number of ether oxygens (including phenoxy) is 1. The van der Waals surface area contributed by atoms with Crippen LogP contribution in [0.4, 0.5) is 15.9 Å². The molecule has 39 heavy (non-hydrogen) atoms. The number of halogens is 2. The van der Waals surface area contributed by atoms with Crippen molar-refractivity contribution in [3.05, 3.63) is 81.8 Å². The van der Waals surface area contributed by atoms with Gasteiger partial charge >= 0.3 is 0 Å². The standard InChI is InChI=1S/C29H25ClFN5O3/c1-3-18-14-22(28(38)33-25-9-7-20(30)17-32-25)26(24(15-18)39-2)34-27(37)21-8-6-19(16-23(21)31)29(35-10-4-11-35)36-12-5-13-36/h1,6-9,14-17H,4-5,10-13H2,2H3,(H-,32,33,34,37,38)/p+1. The Hall–Kier alpha value is -4.42. The smallest absolute Gasteiger partial charge is 0.279 e. The maximum Gasteiger partial charge on any atom is 0.279 e. The molecular weight excluding hydrogens is 521 g/mol. The average molecular weight is 547 g/mol. The number of pyridine rings is 1. The van der Waals surface area contributed by atoms with Crippen LogP contribution >= 0.6 is 11.6 Å². The van der Waals surface area contributed by atoms with Crippen LogP contribution in [0.3, 0.4) is 0 Å². The summed E-state index contributed by atoms with van der Waals surface area (Å²) in [6.45, 7) is 3.72. The van der Waals surface area contributed by atoms with Gasteiger partial charge in [0.25, 0.3) is 17.6 Å². The Bertz CT molecular complexity index is 1520. The van der Waals surface area contributed by atoms with Gasteiger partial charge in [-0.05, 0) is 42.5 Å². The number of carbonyl (C=O) groups excluding carboxylic acids is 2. The molecule has 2 aliphatic rings. The zero-order chi connectivity index (χ0) is 27.5. The lowest BCUT2D eigenvalue weighted by atomic mass is 10.0. The summed E-state index contributed by atoms with van der Waals surface area (Å²) < 4.78 is 23.0. The highest BCUT2D eigenvalue weighted by molar-refractivity contribution is 6.30. The molecule has 3 heterocycles. The number of nitrogens with zero attached hydrogens (tertiary/aromatic N) is 3. The molecular formula is C29H26ClFN5O3+. The molecule has 0 saturated carbocycles. The molecule has 0 atom stereocenters. The van der Waals surface area contributed by atoms with Crippen molar-refractivity contribution in [1.82, 2.24) is 9.88 Å². The molecule has 8 nitrogen and oxygen atoms in total. The fourth-order valence-electron chi connectivity index (χ4n) is 4.44. The van der Waals surface area contributed by atoms with E-state index in [2.05, 4.69) is 31.0 Å². The van der Waals surface area contributed by atoms with E-state index in [1.54, 1.807) is 12.1 Å². The maximum absolute atomic E-state index is 15.3. The molecule has 2 amide bonds. The maximum atomic E-state index is 15.3. The van der Waals surface area contributed by atoms with Crippen LogP contribution in [0.2, 0.25) is 5.02 Å². The van der Waals surface area contributed by atoms with Crippen molar-refractivity contribution in [3.8, 4) is 18.1 Å². The molecule has 0 aliphatic carbocycles. The number of terminal acetylenes is 1. The van der Waals surface area contributed by atoms with Crippen LogP contribution in [0.25, 0.3) is 0 Å². The Morgan fingerprint density at radius 3 is 2.41 bits per heavy atom. The van der Waals surface area contributed by atoms with Crippen molar-refractivity contribution < 1.29 is 23.3 Å². The minimum absolute atomic E-state index is 0.0237. The Morgan fingerprint density at radius 1 is 1.08 bits per heavy atom. The summed E-state index contributed by atoms with van der Waals surface area (Å²) >= 11 is 5.88. The number of rotatable bonds is 6. The number of benzene rings is 2. The van der Waals surface area contributed by atoms with E-state index in [1.165, 1.54) is 43.6 Å². The number of nitrogens with one attached hydrogen (secondary N) is 2. The lowest BCUT2D eigenvalue weighted by Crippen LogP contribution is -2.49. The van der Waals surface area contributed by atoms with Gasteiger partial charge in [-0.25, -0.2) is 9.37 Å². The van der Waals surface area contributed by atoms with E-state index in [4.69, 9.17) is 22.8 Å². The number of carbonyl (C=O) groups is 2. The highest BCUT2D eigenvalue weighted by atomic mass is 35.5. The minimum Gasteiger partial charge on any atom is -0.495 e. The number of likely N-dealkylation sites (tertiary alicyclic amines) is 1. The van der Waals surface area contributed by atoms with E-state index in [0.717, 1.165) is 50.4 Å². The summed E-state index contributed by atoms with van der Waals surface area (Å²) in [5.74, 6) is 1.85. The zero-order valence-corrected chi connectivity index (χ0v) is 22.0. The highest BCUT2D eigenvalue weighted by Gasteiger charge is 2.33. The molecule has 2 N–H and O–H groups in total. The molecule has 0 spiro atoms. The van der Waals surface area contributed by atoms with E-state index in [0.29, 0.717) is 10.6 Å². The molecule has 1 aromatic heterocycles. The quantitative estimate of drug-likeness (QED) is 0.274. The third-order valence-corrected chi connectivity index (χ3v) is 6.95. The lowest BCUT2D eigenvalue weighted by molar-refractivity contribution is -0.587. The first-order valence-corrected chi connectivity index (χ1v) is 12.9. The number of amides is 2. The van der Waals surface area contributed by atoms with Crippen molar-refractivity contribution in [2.75, 3.05) is 43.9 Å². The molecule has 0 unspecified atom stereocenters. The lowest BCUT2D eigenvalue weighted by Gasteiger charge is -2.31. The highest BCUT2D eigenvalue weighted by Crippen LogP contribution is 2.32. The van der Waals surface area contributed by atoms with Crippen LogP contribution in [0.5, 0.6) is 5.75 Å². The number of aromatic nitrogens is 1. The molecule has 2 aromatic carbocycles. The van der Waals surface area contributed by atoms with Crippen LogP contribution in [0.1, 0.15) is 44.7 Å². The fraction of sp³-hybridized carbons (Fsp3) is 0.241. The van der Waals surface area contributed by atoms with Crippen LogP contribution in [-0.2, 0) is 0 Å². The number of hydrogen-bond donors (Lipinski definition) is 2. The first kappa shape index (κ1) is 26.2. The Morgan fingerprint density at radius 2 is 1.85 bits per heavy atom. The van der Waals surface area contributed by atoms with Gasteiger partial charge in [0.15, 0.2) is 0 Å². The SMILES string of the molecule is C#Cc1cc(OC)c(NC(=O)c2ccc(C(N3CCC3)=[N+]3CCC3)cc2F)c(C(=O)Nc2ccc(Cl)cn2)c1. The number of hydrogen-bond acceptors (Lipinski definition) is 4. The first-order chi connectivity index (χ1) is 18.9. The summed E-state index contributed by atoms with van der Waals surface area (Å²) in [5, 5.41) is 5.70. The Labute approximate surface area is 230 Å². The predicted molar refractivity (Wildman–Crippen MR) is 147 cm³/mol. The van der Waals surface area contributed by atoms with E-state index in [9.17, 15) is 9.59 Å². The van der Waals surface area contributed by atoms with Crippen molar-refractivity contribution in [3.63, 3.8) is 0 Å². The summed E-state index contributed by atoms with van der Waals surface area (Å²) in [4.78, 5) is 32.8. The van der Waals surface area contributed by atoms with Crippen molar-refractivity contribution in [2.45, 2.75) is 12.8 Å². The molecule has 0 radical (unpaired) electrons. The summed E-state index contributed by atoms with van der Waals surface area (Å²) in [6.07, 6.45) is 9.16. The molecule has 5 rings (SSSR count). The average Bonchev–Trinajstić information content (AvgIpc) is 2.87. The van der Waals surface area contributed by atoms with Crippen LogP contribution in [0, 0.1) is 18.2 Å². The third kappa shape index (κ3) is 5.42. The van der Waals surface area contributed by atoms with Gasteiger partial charge in [-0.3, -0.25) is 19.1 Å².